The third-order valence-electron chi connectivity index (χ3n) is 4.34. The van der Waals surface area contributed by atoms with Crippen LogP contribution in [0.15, 0.2) is 29.2 Å². The Morgan fingerprint density at radius 1 is 1.23 bits per heavy atom. The maximum atomic E-state index is 13.3. The van der Waals surface area contributed by atoms with Crippen molar-refractivity contribution in [1.29, 1.82) is 0 Å². The van der Waals surface area contributed by atoms with Gasteiger partial charge < -0.3 is 4.74 Å². The second-order valence-electron chi connectivity index (χ2n) is 6.46. The number of hydrogen-bond donors (Lipinski definition) is 0. The maximum Gasteiger partial charge on any atom is 0.326 e. The molecule has 2 rings (SSSR count). The molecule has 0 bridgehead atoms. The molecule has 26 heavy (non-hydrogen) atoms. The number of benzene rings is 1. The average Bonchev–Trinajstić information content (AvgIpc) is 2.85. The van der Waals surface area contributed by atoms with Crippen LogP contribution in [0.2, 0.25) is 0 Å². The number of sulfonamides is 1. The SMILES string of the molecule is COC(=O)CN(c1ccc(C(C)C)cc1)S(=O)(=O)c1c(C)nn(C)c1C. The molecule has 7 nitrogen and oxygen atoms in total. The first-order valence-corrected chi connectivity index (χ1v) is 9.73. The number of esters is 1. The molecule has 0 fully saturated rings. The first kappa shape index (κ1) is 20.0. The van der Waals surface area contributed by atoms with E-state index in [0.717, 1.165) is 9.87 Å². The molecule has 0 atom stereocenters. The molecule has 1 heterocycles. The Morgan fingerprint density at radius 3 is 2.23 bits per heavy atom. The van der Waals surface area contributed by atoms with Gasteiger partial charge in [-0.1, -0.05) is 26.0 Å². The van der Waals surface area contributed by atoms with Gasteiger partial charge in [-0.05, 0) is 37.5 Å². The van der Waals surface area contributed by atoms with Crippen molar-refractivity contribution < 1.29 is 17.9 Å². The summed E-state index contributed by atoms with van der Waals surface area (Å²) in [7, 11) is -1.07. The fourth-order valence-electron chi connectivity index (χ4n) is 2.76. The number of ether oxygens (including phenoxy) is 1. The first-order valence-electron chi connectivity index (χ1n) is 8.29. The Hall–Kier alpha value is -2.35. The highest BCUT2D eigenvalue weighted by Gasteiger charge is 2.32. The quantitative estimate of drug-likeness (QED) is 0.721. The van der Waals surface area contributed by atoms with E-state index < -0.39 is 22.5 Å². The summed E-state index contributed by atoms with van der Waals surface area (Å²) in [4.78, 5) is 12.0. The molecule has 0 amide bonds. The van der Waals surface area contributed by atoms with Gasteiger partial charge in [0.1, 0.15) is 11.4 Å². The number of aryl methyl sites for hydroxylation is 2. The minimum atomic E-state index is -3.98. The van der Waals surface area contributed by atoms with E-state index in [9.17, 15) is 13.2 Å². The largest absolute Gasteiger partial charge is 0.468 e. The Balaban J connectivity index is 2.58. The molecule has 142 valence electrons. The summed E-state index contributed by atoms with van der Waals surface area (Å²) in [5.74, 6) is -0.321. The van der Waals surface area contributed by atoms with Crippen LogP contribution in [0.1, 0.15) is 36.7 Å². The molecule has 1 aromatic carbocycles. The lowest BCUT2D eigenvalue weighted by molar-refractivity contribution is -0.138. The monoisotopic (exact) mass is 379 g/mol. The van der Waals surface area contributed by atoms with Gasteiger partial charge in [-0.25, -0.2) is 8.42 Å². The molecule has 0 aliphatic heterocycles. The summed E-state index contributed by atoms with van der Waals surface area (Å²) in [6.45, 7) is 7.03. The van der Waals surface area contributed by atoms with Crippen LogP contribution in [0.5, 0.6) is 0 Å². The summed E-state index contributed by atoms with van der Waals surface area (Å²) >= 11 is 0. The minimum Gasteiger partial charge on any atom is -0.468 e. The second kappa shape index (κ2) is 7.49. The second-order valence-corrected chi connectivity index (χ2v) is 8.26. The van der Waals surface area contributed by atoms with Crippen molar-refractivity contribution in [3.05, 3.63) is 41.2 Å². The molecule has 0 aliphatic rings. The van der Waals surface area contributed by atoms with Crippen molar-refractivity contribution in [2.45, 2.75) is 38.5 Å². The van der Waals surface area contributed by atoms with Gasteiger partial charge in [-0.3, -0.25) is 13.8 Å². The van der Waals surface area contributed by atoms with E-state index in [-0.39, 0.29) is 4.90 Å². The third-order valence-corrected chi connectivity index (χ3v) is 6.37. The lowest BCUT2D eigenvalue weighted by Crippen LogP contribution is -2.36. The highest BCUT2D eigenvalue weighted by atomic mass is 32.2. The minimum absolute atomic E-state index is 0.108. The molecule has 2 aromatic rings. The number of aromatic nitrogens is 2. The molecule has 0 aliphatic carbocycles. The first-order chi connectivity index (χ1) is 12.1. The van der Waals surface area contributed by atoms with Gasteiger partial charge >= 0.3 is 5.97 Å². The van der Waals surface area contributed by atoms with Crippen LogP contribution >= 0.6 is 0 Å². The molecule has 1 aromatic heterocycles. The highest BCUT2D eigenvalue weighted by Crippen LogP contribution is 2.29. The molecule has 0 saturated heterocycles. The van der Waals surface area contributed by atoms with E-state index in [1.165, 1.54) is 11.8 Å². The molecule has 0 unspecified atom stereocenters. The lowest BCUT2D eigenvalue weighted by atomic mass is 10.0. The van der Waals surface area contributed by atoms with Gasteiger partial charge in [0.2, 0.25) is 0 Å². The summed E-state index contributed by atoms with van der Waals surface area (Å²) in [6.07, 6.45) is 0. The zero-order valence-corrected chi connectivity index (χ0v) is 16.8. The third kappa shape index (κ3) is 3.75. The van der Waals surface area contributed by atoms with E-state index in [0.29, 0.717) is 23.0 Å². The van der Waals surface area contributed by atoms with Crippen LogP contribution in [0.3, 0.4) is 0 Å². The van der Waals surface area contributed by atoms with Crippen molar-refractivity contribution >= 4 is 21.7 Å². The molecule has 0 saturated carbocycles. The standard InChI is InChI=1S/C18H25N3O4S/c1-12(2)15-7-9-16(10-8-15)21(11-17(22)25-6)26(23,24)18-13(3)19-20(5)14(18)4/h7-10,12H,11H2,1-6H3. The molecule has 0 spiro atoms. The van der Waals surface area contributed by atoms with Crippen molar-refractivity contribution in [1.82, 2.24) is 9.78 Å². The van der Waals surface area contributed by atoms with Crippen LogP contribution in [-0.2, 0) is 26.6 Å². The number of methoxy groups -OCH3 is 1. The summed E-state index contributed by atoms with van der Waals surface area (Å²) in [6, 6.07) is 7.14. The number of anilines is 1. The number of hydrogen-bond acceptors (Lipinski definition) is 5. The summed E-state index contributed by atoms with van der Waals surface area (Å²) in [5, 5.41) is 4.18. The van der Waals surface area contributed by atoms with Gasteiger partial charge in [-0.2, -0.15) is 5.10 Å². The zero-order valence-electron chi connectivity index (χ0n) is 16.0. The van der Waals surface area contributed by atoms with Crippen molar-refractivity contribution in [3.8, 4) is 0 Å². The van der Waals surface area contributed by atoms with Gasteiger partial charge in [0.15, 0.2) is 0 Å². The molecule has 0 radical (unpaired) electrons. The highest BCUT2D eigenvalue weighted by molar-refractivity contribution is 7.93. The van der Waals surface area contributed by atoms with Gasteiger partial charge in [-0.15, -0.1) is 0 Å². The predicted molar refractivity (Wildman–Crippen MR) is 99.8 cm³/mol. The smallest absolute Gasteiger partial charge is 0.326 e. The van der Waals surface area contributed by atoms with E-state index in [2.05, 4.69) is 18.9 Å². The normalized spacial score (nSPS) is 11.7. The van der Waals surface area contributed by atoms with Crippen molar-refractivity contribution in [3.63, 3.8) is 0 Å². The van der Waals surface area contributed by atoms with Crippen molar-refractivity contribution in [2.75, 3.05) is 18.0 Å². The van der Waals surface area contributed by atoms with Gasteiger partial charge in [0.25, 0.3) is 10.0 Å². The number of carbonyl (C=O) groups excluding carboxylic acids is 1. The zero-order chi connectivity index (χ0) is 19.6. The van der Waals surface area contributed by atoms with Crippen molar-refractivity contribution in [2.24, 2.45) is 7.05 Å². The van der Waals surface area contributed by atoms with Crippen LogP contribution in [-0.4, -0.2) is 37.8 Å². The maximum absolute atomic E-state index is 13.3. The lowest BCUT2D eigenvalue weighted by Gasteiger charge is -2.24. The van der Waals surface area contributed by atoms with Gasteiger partial charge in [0, 0.05) is 7.05 Å². The Labute approximate surface area is 154 Å². The Kier molecular flexibility index (Phi) is 5.75. The average molecular weight is 379 g/mol. The van der Waals surface area contributed by atoms with Crippen LogP contribution in [0.25, 0.3) is 0 Å². The summed E-state index contributed by atoms with van der Waals surface area (Å²) < 4.78 is 33.9. The van der Waals surface area contributed by atoms with E-state index in [4.69, 9.17) is 4.74 Å². The van der Waals surface area contributed by atoms with E-state index in [1.54, 1.807) is 33.0 Å². The molecular formula is C18H25N3O4S. The molecule has 0 N–H and O–H groups in total. The van der Waals surface area contributed by atoms with Crippen LogP contribution < -0.4 is 4.31 Å². The summed E-state index contributed by atoms with van der Waals surface area (Å²) in [5.41, 5.74) is 2.38. The van der Waals surface area contributed by atoms with E-state index >= 15 is 0 Å². The Bertz CT molecular complexity index is 899. The number of carbonyl (C=O) groups is 1. The topological polar surface area (TPSA) is 81.5 Å². The van der Waals surface area contributed by atoms with Crippen LogP contribution in [0.4, 0.5) is 5.69 Å². The van der Waals surface area contributed by atoms with Gasteiger partial charge in [0.05, 0.1) is 24.2 Å². The Morgan fingerprint density at radius 2 is 1.81 bits per heavy atom. The van der Waals surface area contributed by atoms with Crippen LogP contribution in [0, 0.1) is 13.8 Å². The number of rotatable bonds is 6. The predicted octanol–water partition coefficient (Wildman–Crippen LogP) is 2.53. The fraction of sp³-hybridized carbons (Fsp3) is 0.444. The number of nitrogens with zero attached hydrogens (tertiary/aromatic N) is 3. The molecule has 8 heteroatoms. The van der Waals surface area contributed by atoms with E-state index in [1.807, 2.05) is 12.1 Å². The molecular weight excluding hydrogens is 354 g/mol. The fourth-order valence-corrected chi connectivity index (χ4v) is 4.57.